The van der Waals surface area contributed by atoms with E-state index in [0.29, 0.717) is 42.8 Å². The quantitative estimate of drug-likeness (QED) is 0.145. The number of carbonyl (C=O) groups excluding carboxylic acids is 2. The lowest BCUT2D eigenvalue weighted by Crippen LogP contribution is -2.44. The van der Waals surface area contributed by atoms with Crippen molar-refractivity contribution in [1.82, 2.24) is 15.0 Å². The number of halogens is 1. The first-order valence-electron chi connectivity index (χ1n) is 16.8. The van der Waals surface area contributed by atoms with Crippen molar-refractivity contribution in [2.75, 3.05) is 16.4 Å². The molecule has 2 aliphatic heterocycles. The van der Waals surface area contributed by atoms with Crippen molar-refractivity contribution < 1.29 is 19.8 Å². The maximum Gasteiger partial charge on any atom is 0.264 e. The molecule has 9 nitrogen and oxygen atoms in total. The van der Waals surface area contributed by atoms with Crippen LogP contribution in [-0.4, -0.2) is 43.6 Å². The van der Waals surface area contributed by atoms with Crippen LogP contribution in [0.4, 0.5) is 17.1 Å². The predicted molar refractivity (Wildman–Crippen MR) is 196 cm³/mol. The molecule has 3 heterocycles. The number of aromatic nitrogens is 3. The molecule has 0 radical (unpaired) electrons. The molecule has 2 aliphatic rings. The van der Waals surface area contributed by atoms with E-state index in [1.165, 1.54) is 0 Å². The predicted octanol–water partition coefficient (Wildman–Crippen LogP) is 6.79. The fourth-order valence-electron chi connectivity index (χ4n) is 7.05. The zero-order valence-electron chi connectivity index (χ0n) is 27.7. The summed E-state index contributed by atoms with van der Waals surface area (Å²) in [5, 5.41) is 30.8. The molecule has 7 rings (SSSR count). The summed E-state index contributed by atoms with van der Waals surface area (Å²) in [5.74, 6) is -1.15. The van der Waals surface area contributed by atoms with E-state index >= 15 is 0 Å². The van der Waals surface area contributed by atoms with Crippen LogP contribution >= 0.6 is 15.9 Å². The Bertz CT molecular complexity index is 2060. The molecule has 0 aliphatic carbocycles. The maximum absolute atomic E-state index is 14.2. The fourth-order valence-corrected chi connectivity index (χ4v) is 7.41. The van der Waals surface area contributed by atoms with E-state index in [0.717, 1.165) is 32.5 Å². The van der Waals surface area contributed by atoms with Crippen LogP contribution in [-0.2, 0) is 34.7 Å². The number of rotatable bonds is 11. The number of fused-ring (bicyclic) bond motifs is 2. The number of allylic oxidation sites excluding steroid dienone is 1. The summed E-state index contributed by atoms with van der Waals surface area (Å²) >= 11 is 3.54. The third-order valence-corrected chi connectivity index (χ3v) is 10.2. The fraction of sp³-hybridized carbons (Fsp3) is 0.250. The minimum absolute atomic E-state index is 0.0362. The Kier molecular flexibility index (Phi) is 9.50. The number of hydrogen-bond donors (Lipinski definition) is 2. The smallest absolute Gasteiger partial charge is 0.264 e. The second kappa shape index (κ2) is 14.1. The van der Waals surface area contributed by atoms with Crippen molar-refractivity contribution in [2.24, 2.45) is 5.92 Å². The summed E-state index contributed by atoms with van der Waals surface area (Å²) in [6.45, 7) is 2.56. The van der Waals surface area contributed by atoms with Gasteiger partial charge in [-0.1, -0.05) is 101 Å². The third kappa shape index (κ3) is 6.30. The van der Waals surface area contributed by atoms with Crippen molar-refractivity contribution in [3.8, 4) is 0 Å². The van der Waals surface area contributed by atoms with Crippen LogP contribution in [0.3, 0.4) is 0 Å². The molecule has 0 spiro atoms. The first-order chi connectivity index (χ1) is 24.3. The van der Waals surface area contributed by atoms with Crippen LogP contribution in [0.1, 0.15) is 53.6 Å². The maximum atomic E-state index is 14.2. The highest BCUT2D eigenvalue weighted by atomic mass is 79.9. The molecule has 5 aromatic rings. The molecule has 0 fully saturated rings. The summed E-state index contributed by atoms with van der Waals surface area (Å²) in [6, 6.07) is 30.9. The molecule has 0 saturated carbocycles. The van der Waals surface area contributed by atoms with Gasteiger partial charge in [0.1, 0.15) is 0 Å². The molecule has 3 atom stereocenters. The standard InChI is InChI=1S/C40H38BrN5O4/c1-27(10-7-8-21-44-25-35(42-43-44)33(26-47)29-12-3-2-4-13-29)40(50)34-23-31(41)18-19-37(34)45(39(40)49)24-28-11-9-15-32(22-28)46-36-16-6-5-14-30(36)17-20-38(46)48/h2-7,9-16,18-19,22-23,25,27,33,47,50H,8,17,20-21,24,26H2,1H3/b10-7+/t27-,33?,40+/m0/s1. The number of aliphatic hydroxyl groups is 2. The average Bonchev–Trinajstić information content (AvgIpc) is 3.68. The Morgan fingerprint density at radius 3 is 2.56 bits per heavy atom. The number of hydrogen-bond acceptors (Lipinski definition) is 6. The van der Waals surface area contributed by atoms with E-state index in [2.05, 4.69) is 32.3 Å². The lowest BCUT2D eigenvalue weighted by Gasteiger charge is -2.30. The Morgan fingerprint density at radius 2 is 1.74 bits per heavy atom. The summed E-state index contributed by atoms with van der Waals surface area (Å²) in [7, 11) is 0. The van der Waals surface area contributed by atoms with Gasteiger partial charge >= 0.3 is 0 Å². The number of anilines is 3. The molecule has 1 aromatic heterocycles. The van der Waals surface area contributed by atoms with Gasteiger partial charge in [0, 0.05) is 40.8 Å². The number of benzene rings is 4. The Morgan fingerprint density at radius 1 is 0.940 bits per heavy atom. The first-order valence-corrected chi connectivity index (χ1v) is 17.6. The van der Waals surface area contributed by atoms with Gasteiger partial charge < -0.3 is 15.1 Å². The van der Waals surface area contributed by atoms with Crippen molar-refractivity contribution in [3.63, 3.8) is 0 Å². The number of para-hydroxylation sites is 1. The normalized spacial score (nSPS) is 18.4. The van der Waals surface area contributed by atoms with Crippen LogP contribution in [0.2, 0.25) is 0 Å². The molecule has 0 bridgehead atoms. The Labute approximate surface area is 299 Å². The van der Waals surface area contributed by atoms with Gasteiger partial charge in [-0.25, -0.2) is 0 Å². The van der Waals surface area contributed by atoms with Crippen LogP contribution in [0.15, 0.2) is 120 Å². The number of carbonyl (C=O) groups is 2. The molecular formula is C40H38BrN5O4. The van der Waals surface area contributed by atoms with Crippen LogP contribution in [0.25, 0.3) is 0 Å². The van der Waals surface area contributed by atoms with Gasteiger partial charge in [0.25, 0.3) is 5.91 Å². The molecule has 2 N–H and O–H groups in total. The average molecular weight is 733 g/mol. The Hall–Kier alpha value is -4.90. The van der Waals surface area contributed by atoms with E-state index < -0.39 is 17.4 Å². The lowest BCUT2D eigenvalue weighted by molar-refractivity contribution is -0.139. The molecule has 10 heteroatoms. The van der Waals surface area contributed by atoms with E-state index in [1.807, 2.05) is 116 Å². The first kappa shape index (κ1) is 33.6. The summed E-state index contributed by atoms with van der Waals surface area (Å²) < 4.78 is 2.51. The van der Waals surface area contributed by atoms with Crippen LogP contribution in [0.5, 0.6) is 0 Å². The van der Waals surface area contributed by atoms with Gasteiger partial charge in [-0.3, -0.25) is 19.2 Å². The topological polar surface area (TPSA) is 112 Å². The zero-order chi connectivity index (χ0) is 34.8. The van der Waals surface area contributed by atoms with Crippen molar-refractivity contribution in [2.45, 2.75) is 50.8 Å². The highest BCUT2D eigenvalue weighted by Crippen LogP contribution is 2.47. The van der Waals surface area contributed by atoms with Crippen LogP contribution < -0.4 is 9.80 Å². The SMILES string of the molecule is C[C@@H](/C=C/CCn1cc(C(CO)c2ccccc2)nn1)[C@]1(O)C(=O)N(Cc2cccc(N3C(=O)CCc4ccccc43)c2)c2ccc(Br)cc21. The number of aliphatic hydroxyl groups excluding tert-OH is 1. The number of aryl methyl sites for hydroxylation is 2. The largest absolute Gasteiger partial charge is 0.395 e. The van der Waals surface area contributed by atoms with Crippen molar-refractivity contribution in [3.05, 3.63) is 148 Å². The second-order valence-electron chi connectivity index (χ2n) is 12.9. The van der Waals surface area contributed by atoms with Gasteiger partial charge in [0.15, 0.2) is 5.60 Å². The molecule has 4 aromatic carbocycles. The monoisotopic (exact) mass is 731 g/mol. The Balaban J connectivity index is 1.07. The van der Waals surface area contributed by atoms with Gasteiger partial charge in [0.2, 0.25) is 5.91 Å². The molecule has 0 saturated heterocycles. The molecule has 50 heavy (non-hydrogen) atoms. The molecular weight excluding hydrogens is 694 g/mol. The minimum atomic E-state index is -1.78. The van der Waals surface area contributed by atoms with Crippen molar-refractivity contribution >= 4 is 44.8 Å². The summed E-state index contributed by atoms with van der Waals surface area (Å²) in [4.78, 5) is 30.7. The van der Waals surface area contributed by atoms with Gasteiger partial charge in [-0.15, -0.1) is 5.10 Å². The van der Waals surface area contributed by atoms with Gasteiger partial charge in [0.05, 0.1) is 36.1 Å². The summed E-state index contributed by atoms with van der Waals surface area (Å²) in [5.41, 5.74) is 4.69. The third-order valence-electron chi connectivity index (χ3n) is 9.74. The van der Waals surface area contributed by atoms with Crippen LogP contribution in [0, 0.1) is 5.92 Å². The van der Waals surface area contributed by atoms with Gasteiger partial charge in [-0.05, 0) is 65.9 Å². The molecule has 254 valence electrons. The molecule has 1 unspecified atom stereocenters. The lowest BCUT2D eigenvalue weighted by atomic mass is 9.83. The van der Waals surface area contributed by atoms with E-state index in [1.54, 1.807) is 14.5 Å². The van der Waals surface area contributed by atoms with E-state index in [4.69, 9.17) is 0 Å². The zero-order valence-corrected chi connectivity index (χ0v) is 29.3. The van der Waals surface area contributed by atoms with Gasteiger partial charge in [-0.2, -0.15) is 0 Å². The van der Waals surface area contributed by atoms with Crippen molar-refractivity contribution in [1.29, 1.82) is 0 Å². The van der Waals surface area contributed by atoms with E-state index in [-0.39, 0.29) is 25.0 Å². The molecule has 2 amide bonds. The highest BCUT2D eigenvalue weighted by molar-refractivity contribution is 9.10. The second-order valence-corrected chi connectivity index (χ2v) is 13.8. The van der Waals surface area contributed by atoms with E-state index in [9.17, 15) is 19.8 Å². The summed E-state index contributed by atoms with van der Waals surface area (Å²) in [6.07, 6.45) is 7.43. The number of amides is 2. The highest BCUT2D eigenvalue weighted by Gasteiger charge is 2.52. The number of nitrogens with zero attached hydrogens (tertiary/aromatic N) is 5. The minimum Gasteiger partial charge on any atom is -0.395 e.